The largest absolute Gasteiger partial charge is 0.364 e. The van der Waals surface area contributed by atoms with Crippen LogP contribution in [0.15, 0.2) is 46.9 Å². The Morgan fingerprint density at radius 2 is 1.82 bits per heavy atom. The Bertz CT molecular complexity index is 497. The van der Waals surface area contributed by atoms with Gasteiger partial charge in [0, 0.05) is 10.5 Å². The lowest BCUT2D eigenvalue weighted by Gasteiger charge is -2.15. The first kappa shape index (κ1) is 12.1. The highest BCUT2D eigenvalue weighted by Crippen LogP contribution is 2.20. The standard InChI is InChI=1S/C14H15BrN2/c1-10(12-6-4-3-5-7-12)16-14-9-8-13(15)11(2)17-14/h3-10H,1-2H3,(H,16,17). The number of benzene rings is 1. The first-order valence-electron chi connectivity index (χ1n) is 5.61. The van der Waals surface area contributed by atoms with E-state index in [1.807, 2.05) is 37.3 Å². The second-order valence-electron chi connectivity index (χ2n) is 4.04. The van der Waals surface area contributed by atoms with E-state index < -0.39 is 0 Å². The molecule has 0 saturated carbocycles. The van der Waals surface area contributed by atoms with Crippen molar-refractivity contribution in [2.24, 2.45) is 0 Å². The lowest BCUT2D eigenvalue weighted by Crippen LogP contribution is -2.08. The predicted molar refractivity (Wildman–Crippen MR) is 75.2 cm³/mol. The molecule has 1 atom stereocenters. The topological polar surface area (TPSA) is 24.9 Å². The van der Waals surface area contributed by atoms with Crippen LogP contribution in [0.4, 0.5) is 5.82 Å². The van der Waals surface area contributed by atoms with Crippen LogP contribution in [0, 0.1) is 6.92 Å². The summed E-state index contributed by atoms with van der Waals surface area (Å²) in [5, 5.41) is 3.39. The molecule has 2 rings (SSSR count). The zero-order chi connectivity index (χ0) is 12.3. The first-order chi connectivity index (χ1) is 8.16. The molecule has 0 radical (unpaired) electrons. The summed E-state index contributed by atoms with van der Waals surface area (Å²) in [4.78, 5) is 4.48. The molecule has 88 valence electrons. The van der Waals surface area contributed by atoms with Gasteiger partial charge >= 0.3 is 0 Å². The highest BCUT2D eigenvalue weighted by Gasteiger charge is 2.06. The maximum atomic E-state index is 4.48. The third-order valence-electron chi connectivity index (χ3n) is 2.69. The Balaban J connectivity index is 2.13. The van der Waals surface area contributed by atoms with Crippen LogP contribution in [0.25, 0.3) is 0 Å². The smallest absolute Gasteiger partial charge is 0.126 e. The number of anilines is 1. The number of nitrogens with one attached hydrogen (secondary N) is 1. The molecule has 1 heterocycles. The summed E-state index contributed by atoms with van der Waals surface area (Å²) in [6.07, 6.45) is 0. The van der Waals surface area contributed by atoms with Gasteiger partial charge in [-0.05, 0) is 47.5 Å². The van der Waals surface area contributed by atoms with E-state index in [0.29, 0.717) is 0 Å². The Kier molecular flexibility index (Phi) is 3.79. The molecule has 0 fully saturated rings. The lowest BCUT2D eigenvalue weighted by molar-refractivity contribution is 0.872. The van der Waals surface area contributed by atoms with Crippen molar-refractivity contribution in [3.05, 3.63) is 58.2 Å². The van der Waals surface area contributed by atoms with E-state index in [4.69, 9.17) is 0 Å². The Morgan fingerprint density at radius 1 is 1.12 bits per heavy atom. The van der Waals surface area contributed by atoms with Crippen LogP contribution < -0.4 is 5.32 Å². The number of aromatic nitrogens is 1. The summed E-state index contributed by atoms with van der Waals surface area (Å²) >= 11 is 3.45. The molecule has 0 aliphatic heterocycles. The molecule has 2 aromatic rings. The number of pyridine rings is 1. The van der Waals surface area contributed by atoms with Crippen LogP contribution in [0.2, 0.25) is 0 Å². The molecule has 0 amide bonds. The molecule has 1 unspecified atom stereocenters. The summed E-state index contributed by atoms with van der Waals surface area (Å²) in [5.41, 5.74) is 2.25. The maximum Gasteiger partial charge on any atom is 0.126 e. The lowest BCUT2D eigenvalue weighted by atomic mass is 10.1. The zero-order valence-electron chi connectivity index (χ0n) is 9.94. The molecular formula is C14H15BrN2. The van der Waals surface area contributed by atoms with E-state index in [-0.39, 0.29) is 6.04 Å². The van der Waals surface area contributed by atoms with Gasteiger partial charge in [0.1, 0.15) is 5.82 Å². The van der Waals surface area contributed by atoms with Crippen molar-refractivity contribution in [3.63, 3.8) is 0 Å². The summed E-state index contributed by atoms with van der Waals surface area (Å²) in [6, 6.07) is 14.6. The fraction of sp³-hybridized carbons (Fsp3) is 0.214. The number of aryl methyl sites for hydroxylation is 1. The fourth-order valence-electron chi connectivity index (χ4n) is 1.67. The minimum atomic E-state index is 0.254. The van der Waals surface area contributed by atoms with Crippen LogP contribution >= 0.6 is 15.9 Å². The van der Waals surface area contributed by atoms with Crippen LogP contribution in [-0.2, 0) is 0 Å². The number of nitrogens with zero attached hydrogens (tertiary/aromatic N) is 1. The quantitative estimate of drug-likeness (QED) is 0.910. The highest BCUT2D eigenvalue weighted by atomic mass is 79.9. The Morgan fingerprint density at radius 3 is 2.47 bits per heavy atom. The van der Waals surface area contributed by atoms with Crippen molar-refractivity contribution < 1.29 is 0 Å². The third kappa shape index (κ3) is 3.07. The van der Waals surface area contributed by atoms with Gasteiger partial charge < -0.3 is 5.32 Å². The van der Waals surface area contributed by atoms with Gasteiger partial charge in [0.2, 0.25) is 0 Å². The molecule has 1 N–H and O–H groups in total. The van der Waals surface area contributed by atoms with Crippen LogP contribution in [0.3, 0.4) is 0 Å². The van der Waals surface area contributed by atoms with E-state index in [1.54, 1.807) is 0 Å². The van der Waals surface area contributed by atoms with Crippen LogP contribution in [0.5, 0.6) is 0 Å². The van der Waals surface area contributed by atoms with Crippen molar-refractivity contribution in [1.82, 2.24) is 4.98 Å². The van der Waals surface area contributed by atoms with Gasteiger partial charge in [-0.3, -0.25) is 0 Å². The molecule has 0 aliphatic carbocycles. The number of hydrogen-bond donors (Lipinski definition) is 1. The minimum absolute atomic E-state index is 0.254. The normalized spacial score (nSPS) is 12.2. The molecule has 17 heavy (non-hydrogen) atoms. The van der Waals surface area contributed by atoms with Crippen molar-refractivity contribution in [1.29, 1.82) is 0 Å². The van der Waals surface area contributed by atoms with Gasteiger partial charge in [-0.15, -0.1) is 0 Å². The van der Waals surface area contributed by atoms with Gasteiger partial charge in [0.15, 0.2) is 0 Å². The molecule has 2 nitrogen and oxygen atoms in total. The van der Waals surface area contributed by atoms with E-state index in [0.717, 1.165) is 16.0 Å². The third-order valence-corrected chi connectivity index (χ3v) is 3.52. The first-order valence-corrected chi connectivity index (χ1v) is 6.41. The summed E-state index contributed by atoms with van der Waals surface area (Å²) in [7, 11) is 0. The van der Waals surface area contributed by atoms with Crippen molar-refractivity contribution in [3.8, 4) is 0 Å². The second-order valence-corrected chi connectivity index (χ2v) is 4.89. The Hall–Kier alpha value is -1.35. The van der Waals surface area contributed by atoms with Crippen LogP contribution in [-0.4, -0.2) is 4.98 Å². The van der Waals surface area contributed by atoms with E-state index >= 15 is 0 Å². The number of halogens is 1. The van der Waals surface area contributed by atoms with Gasteiger partial charge in [0.25, 0.3) is 0 Å². The van der Waals surface area contributed by atoms with E-state index in [1.165, 1.54) is 5.56 Å². The van der Waals surface area contributed by atoms with Gasteiger partial charge in [0.05, 0.1) is 5.69 Å². The second kappa shape index (κ2) is 5.32. The fourth-order valence-corrected chi connectivity index (χ4v) is 1.89. The minimum Gasteiger partial charge on any atom is -0.364 e. The molecule has 3 heteroatoms. The number of rotatable bonds is 3. The molecule has 0 aliphatic rings. The van der Waals surface area contributed by atoms with Crippen molar-refractivity contribution in [2.45, 2.75) is 19.9 Å². The molecule has 0 bridgehead atoms. The zero-order valence-corrected chi connectivity index (χ0v) is 11.5. The van der Waals surface area contributed by atoms with Gasteiger partial charge in [-0.1, -0.05) is 30.3 Å². The SMILES string of the molecule is Cc1nc(NC(C)c2ccccc2)ccc1Br. The van der Waals surface area contributed by atoms with Gasteiger partial charge in [-0.25, -0.2) is 4.98 Å². The van der Waals surface area contributed by atoms with E-state index in [9.17, 15) is 0 Å². The Labute approximate surface area is 110 Å². The summed E-state index contributed by atoms with van der Waals surface area (Å²) in [6.45, 7) is 4.12. The maximum absolute atomic E-state index is 4.48. The van der Waals surface area contributed by atoms with Gasteiger partial charge in [-0.2, -0.15) is 0 Å². The summed E-state index contributed by atoms with van der Waals surface area (Å²) in [5.74, 6) is 0.905. The monoisotopic (exact) mass is 290 g/mol. The van der Waals surface area contributed by atoms with Crippen molar-refractivity contribution in [2.75, 3.05) is 5.32 Å². The average molecular weight is 291 g/mol. The highest BCUT2D eigenvalue weighted by molar-refractivity contribution is 9.10. The predicted octanol–water partition coefficient (Wildman–Crippen LogP) is 4.33. The molecular weight excluding hydrogens is 276 g/mol. The molecule has 1 aromatic heterocycles. The molecule has 0 spiro atoms. The number of hydrogen-bond acceptors (Lipinski definition) is 2. The summed E-state index contributed by atoms with van der Waals surface area (Å²) < 4.78 is 1.04. The van der Waals surface area contributed by atoms with Crippen molar-refractivity contribution >= 4 is 21.7 Å². The van der Waals surface area contributed by atoms with Crippen LogP contribution in [0.1, 0.15) is 24.2 Å². The molecule has 0 saturated heterocycles. The van der Waals surface area contributed by atoms with E-state index in [2.05, 4.69) is 45.3 Å². The molecule has 1 aromatic carbocycles. The average Bonchev–Trinajstić information content (AvgIpc) is 2.35.